The lowest BCUT2D eigenvalue weighted by Gasteiger charge is -2.35. The van der Waals surface area contributed by atoms with Gasteiger partial charge in [0.15, 0.2) is 0 Å². The SMILES string of the molecule is CCCS(=O)(=O)NCC(c1cccc(OC)c1)N1CCOCC1. The van der Waals surface area contributed by atoms with Crippen LogP contribution in [-0.4, -0.2) is 59.0 Å². The molecule has 0 spiro atoms. The Morgan fingerprint density at radius 3 is 2.74 bits per heavy atom. The van der Waals surface area contributed by atoms with Crippen LogP contribution in [0, 0.1) is 0 Å². The fraction of sp³-hybridized carbons (Fsp3) is 0.625. The molecule has 0 bridgehead atoms. The van der Waals surface area contributed by atoms with Crippen molar-refractivity contribution in [1.82, 2.24) is 9.62 Å². The smallest absolute Gasteiger partial charge is 0.211 e. The minimum atomic E-state index is -3.23. The summed E-state index contributed by atoms with van der Waals surface area (Å²) in [4.78, 5) is 2.26. The number of methoxy groups -OCH3 is 1. The number of hydrogen-bond acceptors (Lipinski definition) is 5. The molecule has 0 radical (unpaired) electrons. The quantitative estimate of drug-likeness (QED) is 0.773. The van der Waals surface area contributed by atoms with Gasteiger partial charge in [-0.2, -0.15) is 0 Å². The number of morpholine rings is 1. The summed E-state index contributed by atoms with van der Waals surface area (Å²) in [6, 6.07) is 7.77. The molecule has 0 aliphatic carbocycles. The molecule has 1 fully saturated rings. The second kappa shape index (κ2) is 8.63. The highest BCUT2D eigenvalue weighted by molar-refractivity contribution is 7.89. The Bertz CT molecular complexity index is 585. The predicted octanol–water partition coefficient (Wildman–Crippen LogP) is 1.40. The summed E-state index contributed by atoms with van der Waals surface area (Å²) in [6.07, 6.45) is 0.608. The van der Waals surface area contributed by atoms with Gasteiger partial charge in [-0.1, -0.05) is 19.1 Å². The summed E-state index contributed by atoms with van der Waals surface area (Å²) in [6.45, 7) is 5.13. The lowest BCUT2D eigenvalue weighted by molar-refractivity contribution is 0.0171. The Hall–Kier alpha value is -1.15. The zero-order chi connectivity index (χ0) is 16.7. The van der Waals surface area contributed by atoms with E-state index in [-0.39, 0.29) is 11.8 Å². The number of nitrogens with one attached hydrogen (secondary N) is 1. The summed E-state index contributed by atoms with van der Waals surface area (Å²) in [7, 11) is -1.60. The van der Waals surface area contributed by atoms with Crippen molar-refractivity contribution in [2.75, 3.05) is 45.7 Å². The van der Waals surface area contributed by atoms with E-state index in [1.54, 1.807) is 7.11 Å². The van der Waals surface area contributed by atoms with Crippen molar-refractivity contribution < 1.29 is 17.9 Å². The van der Waals surface area contributed by atoms with E-state index >= 15 is 0 Å². The van der Waals surface area contributed by atoms with Crippen LogP contribution in [0.3, 0.4) is 0 Å². The third kappa shape index (κ3) is 5.46. The first-order chi connectivity index (χ1) is 11.1. The van der Waals surface area contributed by atoms with Crippen LogP contribution in [0.15, 0.2) is 24.3 Å². The van der Waals surface area contributed by atoms with E-state index in [0.717, 1.165) is 24.4 Å². The van der Waals surface area contributed by atoms with Crippen LogP contribution in [0.1, 0.15) is 24.9 Å². The number of rotatable bonds is 8. The Balaban J connectivity index is 2.17. The van der Waals surface area contributed by atoms with Crippen LogP contribution < -0.4 is 9.46 Å². The standard InChI is InChI=1S/C16H26N2O4S/c1-3-11-23(19,20)17-13-16(18-7-9-22-10-8-18)14-5-4-6-15(12-14)21-2/h4-6,12,16-17H,3,7-11,13H2,1-2H3. The number of benzene rings is 1. The van der Waals surface area contributed by atoms with Gasteiger partial charge in [0.25, 0.3) is 0 Å². The van der Waals surface area contributed by atoms with Gasteiger partial charge in [0.2, 0.25) is 10.0 Å². The van der Waals surface area contributed by atoms with Gasteiger partial charge in [0.1, 0.15) is 5.75 Å². The molecule has 1 atom stereocenters. The van der Waals surface area contributed by atoms with Crippen molar-refractivity contribution in [2.24, 2.45) is 0 Å². The molecule has 23 heavy (non-hydrogen) atoms. The van der Waals surface area contributed by atoms with E-state index in [1.165, 1.54) is 0 Å². The minimum Gasteiger partial charge on any atom is -0.497 e. The molecule has 1 N–H and O–H groups in total. The average Bonchev–Trinajstić information content (AvgIpc) is 2.56. The largest absolute Gasteiger partial charge is 0.497 e. The molecule has 1 unspecified atom stereocenters. The normalized spacial score (nSPS) is 17.8. The molecule has 1 heterocycles. The molecule has 7 heteroatoms. The minimum absolute atomic E-state index is 0.0272. The first-order valence-corrected chi connectivity index (χ1v) is 9.64. The number of nitrogens with zero attached hydrogens (tertiary/aromatic N) is 1. The van der Waals surface area contributed by atoms with E-state index in [0.29, 0.717) is 26.2 Å². The van der Waals surface area contributed by atoms with Crippen LogP contribution in [0.2, 0.25) is 0 Å². The highest BCUT2D eigenvalue weighted by Gasteiger charge is 2.24. The van der Waals surface area contributed by atoms with Crippen LogP contribution in [0.25, 0.3) is 0 Å². The molecule has 0 saturated carbocycles. The maximum Gasteiger partial charge on any atom is 0.211 e. The highest BCUT2D eigenvalue weighted by atomic mass is 32.2. The Kier molecular flexibility index (Phi) is 6.83. The summed E-state index contributed by atoms with van der Waals surface area (Å²) < 4.78 is 37.4. The summed E-state index contributed by atoms with van der Waals surface area (Å²) in [5.74, 6) is 0.929. The van der Waals surface area contributed by atoms with Crippen LogP contribution in [-0.2, 0) is 14.8 Å². The first kappa shape index (κ1) is 18.2. The molecule has 0 amide bonds. The number of ether oxygens (including phenoxy) is 2. The summed E-state index contributed by atoms with van der Waals surface area (Å²) >= 11 is 0. The predicted molar refractivity (Wildman–Crippen MR) is 90.2 cm³/mol. The van der Waals surface area contributed by atoms with Crippen LogP contribution in [0.5, 0.6) is 5.75 Å². The molecule has 130 valence electrons. The molecular formula is C16H26N2O4S. The molecule has 2 rings (SSSR count). The molecular weight excluding hydrogens is 316 g/mol. The summed E-state index contributed by atoms with van der Waals surface area (Å²) in [5, 5.41) is 0. The zero-order valence-corrected chi connectivity index (χ0v) is 14.6. The molecule has 6 nitrogen and oxygen atoms in total. The van der Waals surface area contributed by atoms with Crippen molar-refractivity contribution >= 4 is 10.0 Å². The number of sulfonamides is 1. The Morgan fingerprint density at radius 1 is 1.35 bits per heavy atom. The zero-order valence-electron chi connectivity index (χ0n) is 13.8. The molecule has 1 aliphatic rings. The second-order valence-electron chi connectivity index (χ2n) is 5.61. The van der Waals surface area contributed by atoms with Gasteiger partial charge in [-0.05, 0) is 24.1 Å². The van der Waals surface area contributed by atoms with Crippen molar-refractivity contribution in [3.63, 3.8) is 0 Å². The maximum atomic E-state index is 12.0. The van der Waals surface area contributed by atoms with Gasteiger partial charge in [0, 0.05) is 25.7 Å². The van der Waals surface area contributed by atoms with E-state index in [2.05, 4.69) is 9.62 Å². The Labute approximate surface area is 138 Å². The highest BCUT2D eigenvalue weighted by Crippen LogP contribution is 2.25. The van der Waals surface area contributed by atoms with E-state index in [9.17, 15) is 8.42 Å². The van der Waals surface area contributed by atoms with E-state index in [4.69, 9.17) is 9.47 Å². The van der Waals surface area contributed by atoms with Gasteiger partial charge in [-0.3, -0.25) is 4.90 Å². The van der Waals surface area contributed by atoms with Gasteiger partial charge >= 0.3 is 0 Å². The molecule has 1 aromatic carbocycles. The summed E-state index contributed by atoms with van der Waals surface area (Å²) in [5.41, 5.74) is 1.05. The first-order valence-electron chi connectivity index (χ1n) is 7.99. The average molecular weight is 342 g/mol. The fourth-order valence-corrected chi connectivity index (χ4v) is 3.84. The van der Waals surface area contributed by atoms with Crippen molar-refractivity contribution in [3.8, 4) is 5.75 Å². The van der Waals surface area contributed by atoms with Crippen LogP contribution in [0.4, 0.5) is 0 Å². The van der Waals surface area contributed by atoms with Gasteiger partial charge in [-0.25, -0.2) is 13.1 Å². The van der Waals surface area contributed by atoms with Gasteiger partial charge in [-0.15, -0.1) is 0 Å². The monoisotopic (exact) mass is 342 g/mol. The second-order valence-corrected chi connectivity index (χ2v) is 7.53. The van der Waals surface area contributed by atoms with Crippen molar-refractivity contribution in [2.45, 2.75) is 19.4 Å². The molecule has 1 aliphatic heterocycles. The van der Waals surface area contributed by atoms with Gasteiger partial charge < -0.3 is 9.47 Å². The van der Waals surface area contributed by atoms with Crippen molar-refractivity contribution in [3.05, 3.63) is 29.8 Å². The van der Waals surface area contributed by atoms with Crippen LogP contribution >= 0.6 is 0 Å². The van der Waals surface area contributed by atoms with Gasteiger partial charge in [0.05, 0.1) is 26.1 Å². The lowest BCUT2D eigenvalue weighted by atomic mass is 10.0. The maximum absolute atomic E-state index is 12.0. The van der Waals surface area contributed by atoms with Crippen molar-refractivity contribution in [1.29, 1.82) is 0 Å². The third-order valence-corrected chi connectivity index (χ3v) is 5.49. The fourth-order valence-electron chi connectivity index (χ4n) is 2.74. The topological polar surface area (TPSA) is 67.9 Å². The molecule has 0 aromatic heterocycles. The van der Waals surface area contributed by atoms with E-state index < -0.39 is 10.0 Å². The molecule has 1 saturated heterocycles. The Morgan fingerprint density at radius 2 is 2.09 bits per heavy atom. The third-order valence-electron chi connectivity index (χ3n) is 3.93. The number of hydrogen-bond donors (Lipinski definition) is 1. The van der Waals surface area contributed by atoms with E-state index in [1.807, 2.05) is 31.2 Å². The lowest BCUT2D eigenvalue weighted by Crippen LogP contribution is -2.44. The molecule has 1 aromatic rings.